The molecule has 0 spiro atoms. The summed E-state index contributed by atoms with van der Waals surface area (Å²) in [6.45, 7) is 3.31. The van der Waals surface area contributed by atoms with Crippen LogP contribution in [0.3, 0.4) is 0 Å². The Labute approximate surface area is 87.5 Å². The van der Waals surface area contributed by atoms with E-state index in [1.807, 2.05) is 0 Å². The third kappa shape index (κ3) is 4.94. The lowest BCUT2D eigenvalue weighted by Crippen LogP contribution is -2.32. The Morgan fingerprint density at radius 3 is 2.43 bits per heavy atom. The van der Waals surface area contributed by atoms with Gasteiger partial charge in [0.2, 0.25) is 0 Å². The molecule has 0 heterocycles. The van der Waals surface area contributed by atoms with Gasteiger partial charge in [-0.15, -0.1) is 0 Å². The Bertz CT molecular complexity index is 142. The lowest BCUT2D eigenvalue weighted by molar-refractivity contribution is 0.108. The fourth-order valence-corrected chi connectivity index (χ4v) is 1.96. The fraction of sp³-hybridized carbons (Fsp3) is 1.00. The molecule has 1 rings (SSSR count). The van der Waals surface area contributed by atoms with Gasteiger partial charge in [0, 0.05) is 13.1 Å². The molecular formula is C11H24N2O. The average Bonchev–Trinajstić information content (AvgIpc) is 2.15. The number of nitrogens with one attached hydrogen (secondary N) is 1. The zero-order chi connectivity index (χ0) is 10.4. The van der Waals surface area contributed by atoms with Gasteiger partial charge in [0.25, 0.3) is 0 Å². The molecule has 1 fully saturated rings. The summed E-state index contributed by atoms with van der Waals surface area (Å²) in [7, 11) is 4.19. The highest BCUT2D eigenvalue weighted by Gasteiger charge is 2.18. The Hall–Kier alpha value is -0.120. The summed E-state index contributed by atoms with van der Waals surface area (Å²) in [5, 5.41) is 12.8. The van der Waals surface area contributed by atoms with Crippen molar-refractivity contribution >= 4 is 0 Å². The first-order valence-corrected chi connectivity index (χ1v) is 5.72. The molecule has 3 heteroatoms. The number of hydrogen-bond donors (Lipinski definition) is 2. The molecule has 0 amide bonds. The maximum atomic E-state index is 9.34. The number of rotatable bonds is 5. The minimum absolute atomic E-state index is 0.0203. The third-order valence-electron chi connectivity index (χ3n) is 2.99. The molecule has 0 aromatic rings. The van der Waals surface area contributed by atoms with Crippen LogP contribution in [0.25, 0.3) is 0 Å². The molecule has 3 nitrogen and oxygen atoms in total. The van der Waals surface area contributed by atoms with E-state index < -0.39 is 0 Å². The highest BCUT2D eigenvalue weighted by atomic mass is 16.3. The molecule has 1 aliphatic rings. The van der Waals surface area contributed by atoms with Crippen molar-refractivity contribution in [2.75, 3.05) is 33.7 Å². The van der Waals surface area contributed by atoms with Gasteiger partial charge in [0.15, 0.2) is 0 Å². The van der Waals surface area contributed by atoms with Crippen molar-refractivity contribution in [2.45, 2.75) is 31.8 Å². The molecule has 0 radical (unpaired) electrons. The van der Waals surface area contributed by atoms with E-state index in [9.17, 15) is 5.11 Å². The van der Waals surface area contributed by atoms with Crippen molar-refractivity contribution in [3.8, 4) is 0 Å². The van der Waals surface area contributed by atoms with Crippen LogP contribution in [0.1, 0.15) is 25.7 Å². The Morgan fingerprint density at radius 2 is 1.86 bits per heavy atom. The van der Waals surface area contributed by atoms with Crippen LogP contribution < -0.4 is 5.32 Å². The van der Waals surface area contributed by atoms with E-state index in [0.29, 0.717) is 0 Å². The van der Waals surface area contributed by atoms with Crippen LogP contribution in [0.15, 0.2) is 0 Å². The lowest BCUT2D eigenvalue weighted by Gasteiger charge is -2.25. The highest BCUT2D eigenvalue weighted by molar-refractivity contribution is 4.73. The van der Waals surface area contributed by atoms with Gasteiger partial charge < -0.3 is 15.3 Å². The van der Waals surface area contributed by atoms with E-state index in [1.54, 1.807) is 0 Å². The highest BCUT2D eigenvalue weighted by Crippen LogP contribution is 2.23. The van der Waals surface area contributed by atoms with Crippen LogP contribution in [-0.4, -0.2) is 49.8 Å². The number of hydrogen-bond acceptors (Lipinski definition) is 3. The first-order chi connectivity index (χ1) is 6.68. The Balaban J connectivity index is 1.96. The van der Waals surface area contributed by atoms with Crippen molar-refractivity contribution < 1.29 is 5.11 Å². The van der Waals surface area contributed by atoms with Crippen LogP contribution >= 0.6 is 0 Å². The fourth-order valence-electron chi connectivity index (χ4n) is 1.96. The molecule has 1 saturated carbocycles. The van der Waals surface area contributed by atoms with Gasteiger partial charge in [0.1, 0.15) is 0 Å². The molecule has 0 aromatic carbocycles. The smallest absolute Gasteiger partial charge is 0.0540 e. The Morgan fingerprint density at radius 1 is 1.21 bits per heavy atom. The van der Waals surface area contributed by atoms with Crippen LogP contribution in [0.5, 0.6) is 0 Å². The van der Waals surface area contributed by atoms with E-state index in [0.717, 1.165) is 38.4 Å². The van der Waals surface area contributed by atoms with Crippen LogP contribution in [-0.2, 0) is 0 Å². The van der Waals surface area contributed by atoms with Crippen molar-refractivity contribution in [1.82, 2.24) is 10.2 Å². The summed E-state index contributed by atoms with van der Waals surface area (Å²) in [6, 6.07) is 0. The van der Waals surface area contributed by atoms with E-state index >= 15 is 0 Å². The maximum Gasteiger partial charge on any atom is 0.0540 e. The van der Waals surface area contributed by atoms with E-state index in [1.165, 1.54) is 12.8 Å². The molecule has 84 valence electrons. The first kappa shape index (κ1) is 12.0. The third-order valence-corrected chi connectivity index (χ3v) is 2.99. The molecular weight excluding hydrogens is 176 g/mol. The van der Waals surface area contributed by atoms with Crippen LogP contribution in [0.4, 0.5) is 0 Å². The quantitative estimate of drug-likeness (QED) is 0.641. The SMILES string of the molecule is CN(C)CCNCC1CCC(O)CC1. The standard InChI is InChI=1S/C11H24N2O/c1-13(2)8-7-12-9-10-3-5-11(14)6-4-10/h10-12,14H,3-9H2,1-2H3. The van der Waals surface area contributed by atoms with E-state index in [-0.39, 0.29) is 6.10 Å². The summed E-state index contributed by atoms with van der Waals surface area (Å²) < 4.78 is 0. The topological polar surface area (TPSA) is 35.5 Å². The second kappa shape index (κ2) is 6.38. The normalized spacial score (nSPS) is 28.3. The molecule has 2 N–H and O–H groups in total. The number of likely N-dealkylation sites (N-methyl/N-ethyl adjacent to an activating group) is 1. The molecule has 0 aliphatic heterocycles. The lowest BCUT2D eigenvalue weighted by atomic mass is 9.87. The summed E-state index contributed by atoms with van der Waals surface area (Å²) in [6.07, 6.45) is 4.36. The molecule has 1 aliphatic carbocycles. The van der Waals surface area contributed by atoms with Crippen LogP contribution in [0.2, 0.25) is 0 Å². The molecule has 14 heavy (non-hydrogen) atoms. The number of nitrogens with zero attached hydrogens (tertiary/aromatic N) is 1. The molecule has 0 aromatic heterocycles. The first-order valence-electron chi connectivity index (χ1n) is 5.72. The van der Waals surface area contributed by atoms with Gasteiger partial charge in [-0.25, -0.2) is 0 Å². The van der Waals surface area contributed by atoms with Gasteiger partial charge >= 0.3 is 0 Å². The second-order valence-electron chi connectivity index (χ2n) is 4.68. The van der Waals surface area contributed by atoms with Crippen molar-refractivity contribution in [1.29, 1.82) is 0 Å². The van der Waals surface area contributed by atoms with E-state index in [2.05, 4.69) is 24.3 Å². The summed E-state index contributed by atoms with van der Waals surface area (Å²) in [5.74, 6) is 0.792. The van der Waals surface area contributed by atoms with Gasteiger partial charge in [-0.3, -0.25) is 0 Å². The number of aliphatic hydroxyl groups is 1. The average molecular weight is 200 g/mol. The van der Waals surface area contributed by atoms with Gasteiger partial charge in [-0.2, -0.15) is 0 Å². The Kier molecular flexibility index (Phi) is 5.45. The van der Waals surface area contributed by atoms with Gasteiger partial charge in [-0.1, -0.05) is 0 Å². The molecule has 0 atom stereocenters. The van der Waals surface area contributed by atoms with E-state index in [4.69, 9.17) is 0 Å². The zero-order valence-corrected chi connectivity index (χ0v) is 9.50. The summed E-state index contributed by atoms with van der Waals surface area (Å²) in [4.78, 5) is 2.19. The zero-order valence-electron chi connectivity index (χ0n) is 9.50. The van der Waals surface area contributed by atoms with Gasteiger partial charge in [-0.05, 0) is 52.2 Å². The molecule has 0 saturated heterocycles. The largest absolute Gasteiger partial charge is 0.393 e. The minimum atomic E-state index is -0.0203. The maximum absolute atomic E-state index is 9.34. The van der Waals surface area contributed by atoms with Crippen molar-refractivity contribution in [2.24, 2.45) is 5.92 Å². The molecule has 0 unspecified atom stereocenters. The van der Waals surface area contributed by atoms with Crippen molar-refractivity contribution in [3.63, 3.8) is 0 Å². The van der Waals surface area contributed by atoms with Gasteiger partial charge in [0.05, 0.1) is 6.10 Å². The minimum Gasteiger partial charge on any atom is -0.393 e. The second-order valence-corrected chi connectivity index (χ2v) is 4.68. The summed E-state index contributed by atoms with van der Waals surface area (Å²) >= 11 is 0. The van der Waals surface area contributed by atoms with Crippen molar-refractivity contribution in [3.05, 3.63) is 0 Å². The predicted molar refractivity (Wildman–Crippen MR) is 59.4 cm³/mol. The molecule has 0 bridgehead atoms. The summed E-state index contributed by atoms with van der Waals surface area (Å²) in [5.41, 5.74) is 0. The predicted octanol–water partition coefficient (Wildman–Crippen LogP) is 0.689. The van der Waals surface area contributed by atoms with Crippen LogP contribution in [0, 0.1) is 5.92 Å². The monoisotopic (exact) mass is 200 g/mol. The number of aliphatic hydroxyl groups excluding tert-OH is 1.